The number of aliphatic hydroxyl groups excluding tert-OH is 1. The number of nitrogens with zero attached hydrogens (tertiary/aromatic N) is 4. The van der Waals surface area contributed by atoms with Gasteiger partial charge in [0.1, 0.15) is 0 Å². The van der Waals surface area contributed by atoms with Gasteiger partial charge in [0, 0.05) is 29.4 Å². The van der Waals surface area contributed by atoms with E-state index in [0.717, 1.165) is 15.8 Å². The third-order valence-corrected chi connectivity index (χ3v) is 5.71. The third-order valence-electron chi connectivity index (χ3n) is 5.46. The van der Waals surface area contributed by atoms with Gasteiger partial charge in [-0.05, 0) is 49.6 Å². The summed E-state index contributed by atoms with van der Waals surface area (Å²) >= 11 is 5.99. The minimum Gasteiger partial charge on any atom is -0.444 e. The van der Waals surface area contributed by atoms with Crippen LogP contribution in [-0.4, -0.2) is 32.2 Å². The predicted molar refractivity (Wildman–Crippen MR) is 132 cm³/mol. The fourth-order valence-electron chi connectivity index (χ4n) is 3.89. The molecular formula is C24H28ClN5O4. The Morgan fingerprint density at radius 2 is 1.82 bits per heavy atom. The van der Waals surface area contributed by atoms with Gasteiger partial charge in [0.2, 0.25) is 5.95 Å². The SMILES string of the molecule is CC(C)CN1c2ccc(Nc3nc(=O)n(C(C)C)c(=O)n3Cc3ccc(Cl)cc3)cc2OC1O. The summed E-state index contributed by atoms with van der Waals surface area (Å²) in [6, 6.07) is 12.1. The van der Waals surface area contributed by atoms with Gasteiger partial charge in [-0.1, -0.05) is 37.6 Å². The zero-order valence-corrected chi connectivity index (χ0v) is 20.3. The van der Waals surface area contributed by atoms with Crippen LogP contribution in [0.3, 0.4) is 0 Å². The van der Waals surface area contributed by atoms with Crippen LogP contribution in [0.5, 0.6) is 5.75 Å². The Morgan fingerprint density at radius 1 is 1.12 bits per heavy atom. The first kappa shape index (κ1) is 23.8. The van der Waals surface area contributed by atoms with Gasteiger partial charge in [0.15, 0.2) is 5.75 Å². The highest BCUT2D eigenvalue weighted by Crippen LogP contribution is 2.39. The summed E-state index contributed by atoms with van der Waals surface area (Å²) < 4.78 is 8.14. The fraction of sp³-hybridized carbons (Fsp3) is 0.375. The summed E-state index contributed by atoms with van der Waals surface area (Å²) in [5.41, 5.74) is 1.06. The second-order valence-corrected chi connectivity index (χ2v) is 9.41. The Morgan fingerprint density at radius 3 is 2.47 bits per heavy atom. The van der Waals surface area contributed by atoms with Crippen LogP contribution in [-0.2, 0) is 6.54 Å². The van der Waals surface area contributed by atoms with Crippen molar-refractivity contribution >= 4 is 28.9 Å². The molecule has 2 aromatic carbocycles. The molecule has 0 amide bonds. The van der Waals surface area contributed by atoms with E-state index in [1.807, 2.05) is 18.2 Å². The molecule has 1 unspecified atom stereocenters. The van der Waals surface area contributed by atoms with Crippen molar-refractivity contribution in [2.24, 2.45) is 5.92 Å². The van der Waals surface area contributed by atoms with Gasteiger partial charge in [-0.25, -0.2) is 14.2 Å². The molecule has 1 aliphatic rings. The predicted octanol–water partition coefficient (Wildman–Crippen LogP) is 3.56. The van der Waals surface area contributed by atoms with Gasteiger partial charge >= 0.3 is 11.4 Å². The molecule has 34 heavy (non-hydrogen) atoms. The molecule has 3 aromatic rings. The number of aliphatic hydroxyl groups is 1. The standard InChI is InChI=1S/C24H28ClN5O4/c1-14(2)12-28-19-10-9-18(11-20(19)34-24(28)33)26-21-27-22(31)30(15(3)4)23(32)29(21)13-16-5-7-17(25)8-6-16/h5-11,14-15,24,33H,12-13H2,1-4H3,(H,26,27,31). The summed E-state index contributed by atoms with van der Waals surface area (Å²) in [4.78, 5) is 31.8. The van der Waals surface area contributed by atoms with E-state index >= 15 is 0 Å². The minimum atomic E-state index is -1.07. The molecule has 0 saturated heterocycles. The molecule has 0 saturated carbocycles. The lowest BCUT2D eigenvalue weighted by Gasteiger charge is -2.22. The van der Waals surface area contributed by atoms with E-state index in [1.165, 1.54) is 4.57 Å². The molecule has 180 valence electrons. The van der Waals surface area contributed by atoms with Crippen LogP contribution in [0, 0.1) is 5.92 Å². The molecular weight excluding hydrogens is 458 g/mol. The van der Waals surface area contributed by atoms with Gasteiger partial charge in [-0.2, -0.15) is 4.98 Å². The van der Waals surface area contributed by atoms with E-state index in [0.29, 0.717) is 28.9 Å². The lowest BCUT2D eigenvalue weighted by atomic mass is 10.2. The summed E-state index contributed by atoms with van der Waals surface area (Å²) in [7, 11) is 0. The second kappa shape index (κ2) is 9.52. The minimum absolute atomic E-state index is 0.111. The number of rotatable bonds is 7. The maximum atomic E-state index is 13.2. The summed E-state index contributed by atoms with van der Waals surface area (Å²) in [5.74, 6) is 0.945. The van der Waals surface area contributed by atoms with Crippen molar-refractivity contribution in [2.75, 3.05) is 16.8 Å². The lowest BCUT2D eigenvalue weighted by molar-refractivity contribution is -0.00396. The summed E-state index contributed by atoms with van der Waals surface area (Å²) in [6.45, 7) is 8.47. The van der Waals surface area contributed by atoms with Crippen LogP contribution in [0.15, 0.2) is 52.1 Å². The van der Waals surface area contributed by atoms with Crippen LogP contribution in [0.1, 0.15) is 39.3 Å². The van der Waals surface area contributed by atoms with E-state index in [1.54, 1.807) is 43.0 Å². The molecule has 4 rings (SSSR count). The molecule has 0 bridgehead atoms. The average molecular weight is 486 g/mol. The van der Waals surface area contributed by atoms with Crippen molar-refractivity contribution in [2.45, 2.75) is 46.7 Å². The zero-order chi connectivity index (χ0) is 24.6. The maximum absolute atomic E-state index is 13.2. The van der Waals surface area contributed by atoms with Crippen LogP contribution in [0.2, 0.25) is 5.02 Å². The molecule has 2 N–H and O–H groups in total. The molecule has 1 aliphatic heterocycles. The first-order valence-corrected chi connectivity index (χ1v) is 11.5. The van der Waals surface area contributed by atoms with Crippen LogP contribution < -0.4 is 26.3 Å². The molecule has 2 heterocycles. The molecule has 10 heteroatoms. The topological polar surface area (TPSA) is 102 Å². The van der Waals surface area contributed by atoms with Crippen LogP contribution in [0.25, 0.3) is 0 Å². The van der Waals surface area contributed by atoms with Crippen molar-refractivity contribution in [3.63, 3.8) is 0 Å². The Balaban J connectivity index is 1.72. The van der Waals surface area contributed by atoms with Gasteiger partial charge in [-0.15, -0.1) is 0 Å². The number of hydrogen-bond acceptors (Lipinski definition) is 7. The number of ether oxygens (including phenoxy) is 1. The normalized spacial score (nSPS) is 15.1. The Bertz CT molecular complexity index is 1300. The van der Waals surface area contributed by atoms with Gasteiger partial charge < -0.3 is 20.1 Å². The van der Waals surface area contributed by atoms with E-state index in [9.17, 15) is 14.7 Å². The number of nitrogens with one attached hydrogen (secondary N) is 1. The second-order valence-electron chi connectivity index (χ2n) is 8.97. The van der Waals surface area contributed by atoms with E-state index in [-0.39, 0.29) is 18.5 Å². The van der Waals surface area contributed by atoms with Crippen molar-refractivity contribution < 1.29 is 9.84 Å². The molecule has 9 nitrogen and oxygen atoms in total. The number of fused-ring (bicyclic) bond motifs is 1. The molecule has 1 aromatic heterocycles. The lowest BCUT2D eigenvalue weighted by Crippen LogP contribution is -2.43. The van der Waals surface area contributed by atoms with E-state index in [2.05, 4.69) is 24.1 Å². The first-order chi connectivity index (χ1) is 16.1. The van der Waals surface area contributed by atoms with E-state index in [4.69, 9.17) is 16.3 Å². The highest BCUT2D eigenvalue weighted by Gasteiger charge is 2.30. The summed E-state index contributed by atoms with van der Waals surface area (Å²) in [5, 5.41) is 14.0. The van der Waals surface area contributed by atoms with Crippen molar-refractivity contribution in [3.8, 4) is 5.75 Å². The Hall–Kier alpha value is -3.30. The maximum Gasteiger partial charge on any atom is 0.355 e. The van der Waals surface area contributed by atoms with Gasteiger partial charge in [-0.3, -0.25) is 4.57 Å². The van der Waals surface area contributed by atoms with Gasteiger partial charge in [0.05, 0.1) is 12.2 Å². The summed E-state index contributed by atoms with van der Waals surface area (Å²) in [6.07, 6.45) is -1.07. The quantitative estimate of drug-likeness (QED) is 0.527. The first-order valence-electron chi connectivity index (χ1n) is 11.1. The molecule has 0 spiro atoms. The number of halogens is 1. The third kappa shape index (κ3) is 4.80. The highest BCUT2D eigenvalue weighted by atomic mass is 35.5. The molecule has 1 atom stereocenters. The zero-order valence-electron chi connectivity index (χ0n) is 19.5. The highest BCUT2D eigenvalue weighted by molar-refractivity contribution is 6.30. The number of aromatic nitrogens is 3. The molecule has 0 fully saturated rings. The average Bonchev–Trinajstić information content (AvgIpc) is 3.05. The number of benzene rings is 2. The van der Waals surface area contributed by atoms with E-state index < -0.39 is 17.8 Å². The van der Waals surface area contributed by atoms with Crippen LogP contribution >= 0.6 is 11.6 Å². The van der Waals surface area contributed by atoms with Crippen molar-refractivity contribution in [1.29, 1.82) is 0 Å². The monoisotopic (exact) mass is 485 g/mol. The largest absolute Gasteiger partial charge is 0.444 e. The Kier molecular flexibility index (Phi) is 6.67. The number of hydrogen-bond donors (Lipinski definition) is 2. The fourth-order valence-corrected chi connectivity index (χ4v) is 4.02. The molecule has 0 radical (unpaired) electrons. The van der Waals surface area contributed by atoms with Gasteiger partial charge in [0.25, 0.3) is 6.41 Å². The van der Waals surface area contributed by atoms with Crippen molar-refractivity contribution in [1.82, 2.24) is 14.1 Å². The van der Waals surface area contributed by atoms with Crippen LogP contribution in [0.4, 0.5) is 17.3 Å². The molecule has 0 aliphatic carbocycles. The number of anilines is 3. The van der Waals surface area contributed by atoms with Crippen molar-refractivity contribution in [3.05, 3.63) is 74.0 Å². The smallest absolute Gasteiger partial charge is 0.355 e. The Labute approximate surface area is 202 Å².